The summed E-state index contributed by atoms with van der Waals surface area (Å²) < 4.78 is 44.8. The fraction of sp³-hybridized carbons (Fsp3) is 0.188. The molecule has 0 saturated carbocycles. The van der Waals surface area contributed by atoms with Crippen molar-refractivity contribution < 1.29 is 22.3 Å². The van der Waals surface area contributed by atoms with Crippen LogP contribution in [0, 0.1) is 5.82 Å². The zero-order chi connectivity index (χ0) is 18.0. The van der Waals surface area contributed by atoms with Gasteiger partial charge in [0.05, 0.1) is 11.4 Å². The van der Waals surface area contributed by atoms with Gasteiger partial charge in [-0.15, -0.1) is 0 Å². The number of nitrogens with zero attached hydrogens (tertiary/aromatic N) is 1. The number of ether oxygens (including phenoxy) is 1. The van der Waals surface area contributed by atoms with E-state index in [1.165, 1.54) is 4.90 Å². The van der Waals surface area contributed by atoms with Gasteiger partial charge in [-0.2, -0.15) is 0 Å². The van der Waals surface area contributed by atoms with E-state index < -0.39 is 28.0 Å². The first-order chi connectivity index (χ1) is 11.8. The first-order valence-corrected chi connectivity index (χ1v) is 9.20. The van der Waals surface area contributed by atoms with E-state index in [1.54, 1.807) is 24.3 Å². The summed E-state index contributed by atoms with van der Waals surface area (Å²) in [6, 6.07) is 11.2. The molecule has 0 radical (unpaired) electrons. The Morgan fingerprint density at radius 1 is 1.24 bits per heavy atom. The maximum atomic E-state index is 12.9. The van der Waals surface area contributed by atoms with Crippen molar-refractivity contribution in [3.8, 4) is 0 Å². The summed E-state index contributed by atoms with van der Waals surface area (Å²) in [5.74, 6) is -0.527. The molecule has 2 aromatic rings. The van der Waals surface area contributed by atoms with E-state index in [2.05, 4.69) is 4.72 Å². The number of carbonyl (C=O) groups is 1. The Morgan fingerprint density at radius 3 is 2.64 bits per heavy atom. The van der Waals surface area contributed by atoms with E-state index in [4.69, 9.17) is 16.3 Å². The molecule has 0 aliphatic carbocycles. The van der Waals surface area contributed by atoms with Crippen molar-refractivity contribution in [3.63, 3.8) is 0 Å². The number of anilines is 1. The molecule has 6 nitrogen and oxygen atoms in total. The van der Waals surface area contributed by atoms with Gasteiger partial charge < -0.3 is 4.74 Å². The van der Waals surface area contributed by atoms with Crippen molar-refractivity contribution in [2.24, 2.45) is 0 Å². The quantitative estimate of drug-likeness (QED) is 0.860. The van der Waals surface area contributed by atoms with Gasteiger partial charge >= 0.3 is 6.09 Å². The van der Waals surface area contributed by atoms with Gasteiger partial charge in [0, 0.05) is 17.3 Å². The van der Waals surface area contributed by atoms with Gasteiger partial charge in [0.15, 0.2) is 0 Å². The van der Waals surface area contributed by atoms with Gasteiger partial charge in [-0.05, 0) is 42.5 Å². The zero-order valence-corrected chi connectivity index (χ0v) is 14.4. The lowest BCUT2D eigenvalue weighted by Crippen LogP contribution is -2.34. The molecular formula is C16H14ClFN2O4S. The molecule has 9 heteroatoms. The van der Waals surface area contributed by atoms with Crippen molar-refractivity contribution in [1.82, 2.24) is 4.72 Å². The highest BCUT2D eigenvalue weighted by Gasteiger charge is 2.33. The maximum Gasteiger partial charge on any atom is 0.414 e. The van der Waals surface area contributed by atoms with Crippen LogP contribution in [-0.2, 0) is 14.8 Å². The van der Waals surface area contributed by atoms with Crippen LogP contribution in [0.25, 0.3) is 0 Å². The number of rotatable bonds is 5. The number of hydrogen-bond donors (Lipinski definition) is 1. The summed E-state index contributed by atoms with van der Waals surface area (Å²) in [6.07, 6.45) is -1.23. The average molecular weight is 385 g/mol. The summed E-state index contributed by atoms with van der Waals surface area (Å²) in [5.41, 5.74) is 0.571. The Hall–Kier alpha value is -2.16. The SMILES string of the molecule is O=C1OC(CNS(=O)(=O)c2ccc(F)cc2)CN1c1cccc(Cl)c1. The van der Waals surface area contributed by atoms with Crippen molar-refractivity contribution in [2.45, 2.75) is 11.0 Å². The Labute approximate surface area is 149 Å². The summed E-state index contributed by atoms with van der Waals surface area (Å²) in [4.78, 5) is 13.3. The second-order valence-electron chi connectivity index (χ2n) is 5.40. The second-order valence-corrected chi connectivity index (χ2v) is 7.61. The minimum atomic E-state index is -3.82. The first kappa shape index (κ1) is 17.7. The van der Waals surface area contributed by atoms with Crippen molar-refractivity contribution in [2.75, 3.05) is 18.0 Å². The van der Waals surface area contributed by atoms with E-state index in [0.717, 1.165) is 24.3 Å². The fourth-order valence-electron chi connectivity index (χ4n) is 2.38. The van der Waals surface area contributed by atoms with Crippen LogP contribution in [-0.4, -0.2) is 33.7 Å². The third-order valence-electron chi connectivity index (χ3n) is 3.62. The first-order valence-electron chi connectivity index (χ1n) is 7.34. The summed E-state index contributed by atoms with van der Waals surface area (Å²) >= 11 is 5.91. The highest BCUT2D eigenvalue weighted by Crippen LogP contribution is 2.24. The van der Waals surface area contributed by atoms with Crippen LogP contribution < -0.4 is 9.62 Å². The van der Waals surface area contributed by atoms with Crippen LogP contribution in [0.3, 0.4) is 0 Å². The van der Waals surface area contributed by atoms with Gasteiger partial charge in [-0.3, -0.25) is 4.90 Å². The van der Waals surface area contributed by atoms with E-state index in [9.17, 15) is 17.6 Å². The predicted molar refractivity (Wildman–Crippen MR) is 90.7 cm³/mol. The number of cyclic esters (lactones) is 1. The Bertz CT molecular complexity index is 889. The highest BCUT2D eigenvalue weighted by atomic mass is 35.5. The van der Waals surface area contributed by atoms with Crippen LogP contribution in [0.5, 0.6) is 0 Å². The largest absolute Gasteiger partial charge is 0.443 e. The third kappa shape index (κ3) is 4.09. The predicted octanol–water partition coefficient (Wildman–Crippen LogP) is 2.78. The smallest absolute Gasteiger partial charge is 0.414 e. The highest BCUT2D eigenvalue weighted by molar-refractivity contribution is 7.89. The molecule has 1 saturated heterocycles. The number of benzene rings is 2. The fourth-order valence-corrected chi connectivity index (χ4v) is 3.63. The van der Waals surface area contributed by atoms with Gasteiger partial charge in [0.2, 0.25) is 10.0 Å². The lowest BCUT2D eigenvalue weighted by atomic mass is 10.3. The lowest BCUT2D eigenvalue weighted by Gasteiger charge is -2.13. The van der Waals surface area contributed by atoms with Crippen LogP contribution in [0.15, 0.2) is 53.4 Å². The standard InChI is InChI=1S/C16H14ClFN2O4S/c17-11-2-1-3-13(8-11)20-10-14(24-16(20)21)9-19-25(22,23)15-6-4-12(18)5-7-15/h1-8,14,19H,9-10H2. The van der Waals surface area contributed by atoms with Gasteiger partial charge in [-0.25, -0.2) is 22.3 Å². The number of nitrogens with one attached hydrogen (secondary N) is 1. The average Bonchev–Trinajstić information content (AvgIpc) is 2.94. The molecule has 1 aliphatic rings. The van der Waals surface area contributed by atoms with Crippen molar-refractivity contribution in [1.29, 1.82) is 0 Å². The molecule has 0 bridgehead atoms. The molecule has 1 N–H and O–H groups in total. The van der Waals surface area contributed by atoms with Crippen LogP contribution >= 0.6 is 11.6 Å². The number of sulfonamides is 1. The van der Waals surface area contributed by atoms with Gasteiger partial charge in [0.1, 0.15) is 11.9 Å². The Morgan fingerprint density at radius 2 is 1.96 bits per heavy atom. The van der Waals surface area contributed by atoms with E-state index >= 15 is 0 Å². The van der Waals surface area contributed by atoms with E-state index in [-0.39, 0.29) is 18.0 Å². The lowest BCUT2D eigenvalue weighted by molar-refractivity contribution is 0.143. The molecule has 2 aromatic carbocycles. The molecule has 1 aliphatic heterocycles. The van der Waals surface area contributed by atoms with Gasteiger partial charge in [0.25, 0.3) is 0 Å². The van der Waals surface area contributed by atoms with Gasteiger partial charge in [-0.1, -0.05) is 17.7 Å². The number of amides is 1. The van der Waals surface area contributed by atoms with Crippen molar-refractivity contribution in [3.05, 3.63) is 59.4 Å². The molecule has 1 heterocycles. The number of hydrogen-bond acceptors (Lipinski definition) is 4. The molecule has 1 fully saturated rings. The summed E-state index contributed by atoms with van der Waals surface area (Å²) in [6.45, 7) is 0.0909. The van der Waals surface area contributed by atoms with Crippen LogP contribution in [0.4, 0.5) is 14.9 Å². The topological polar surface area (TPSA) is 75.7 Å². The molecule has 25 heavy (non-hydrogen) atoms. The van der Waals surface area contributed by atoms with Crippen molar-refractivity contribution >= 4 is 33.4 Å². The number of halogens is 2. The molecule has 1 atom stereocenters. The van der Waals surface area contributed by atoms with Crippen LogP contribution in [0.1, 0.15) is 0 Å². The maximum absolute atomic E-state index is 12.9. The minimum Gasteiger partial charge on any atom is -0.443 e. The Balaban J connectivity index is 1.65. The molecule has 132 valence electrons. The Kier molecular flexibility index (Phi) is 4.94. The summed E-state index contributed by atoms with van der Waals surface area (Å²) in [7, 11) is -3.82. The molecule has 0 spiro atoms. The molecule has 1 unspecified atom stereocenters. The second kappa shape index (κ2) is 6.99. The number of carbonyl (C=O) groups excluding carboxylic acids is 1. The third-order valence-corrected chi connectivity index (χ3v) is 5.29. The van der Waals surface area contributed by atoms with E-state index in [0.29, 0.717) is 10.7 Å². The molecule has 3 rings (SSSR count). The van der Waals surface area contributed by atoms with Crippen LogP contribution in [0.2, 0.25) is 5.02 Å². The molecular weight excluding hydrogens is 371 g/mol. The molecule has 0 aromatic heterocycles. The summed E-state index contributed by atoms with van der Waals surface area (Å²) in [5, 5.41) is 0.478. The minimum absolute atomic E-state index is 0.0649. The zero-order valence-electron chi connectivity index (χ0n) is 12.9. The monoisotopic (exact) mass is 384 g/mol. The normalized spacial score (nSPS) is 17.6. The van der Waals surface area contributed by atoms with E-state index in [1.807, 2.05) is 0 Å². The molecule has 1 amide bonds.